The minimum absolute atomic E-state index is 0.105. The van der Waals surface area contributed by atoms with Gasteiger partial charge in [0.15, 0.2) is 5.82 Å². The van der Waals surface area contributed by atoms with Gasteiger partial charge in [0.05, 0.1) is 6.61 Å². The molecule has 4 rings (SSSR count). The second-order valence-corrected chi connectivity index (χ2v) is 8.08. The van der Waals surface area contributed by atoms with Crippen LogP contribution in [0, 0.1) is 0 Å². The molecule has 0 aliphatic carbocycles. The molecule has 3 N–H and O–H groups in total. The molecule has 0 unspecified atom stereocenters. The van der Waals surface area contributed by atoms with E-state index in [-0.39, 0.29) is 11.8 Å². The molecular weight excluding hydrogens is 394 g/mol. The number of nitrogens with two attached hydrogens (primary N) is 1. The van der Waals surface area contributed by atoms with Crippen molar-refractivity contribution < 1.29 is 14.6 Å². The minimum atomic E-state index is -1.12. The average molecular weight is 424 g/mol. The lowest BCUT2D eigenvalue weighted by Gasteiger charge is -2.15. The fraction of sp³-hybridized carbons (Fsp3) is 0.435. The zero-order valence-corrected chi connectivity index (χ0v) is 17.9. The zero-order chi connectivity index (χ0) is 21.8. The smallest absolute Gasteiger partial charge is 0.416 e. The second kappa shape index (κ2) is 9.34. The Morgan fingerprint density at radius 3 is 2.74 bits per heavy atom. The molecular formula is C23H29N5O3. The molecule has 0 amide bonds. The van der Waals surface area contributed by atoms with Crippen molar-refractivity contribution in [3.05, 3.63) is 47.2 Å². The molecule has 0 atom stereocenters. The first-order valence-corrected chi connectivity index (χ1v) is 10.9. The van der Waals surface area contributed by atoms with E-state index in [9.17, 15) is 9.90 Å². The topological polar surface area (TPSA) is 106 Å². The fourth-order valence-corrected chi connectivity index (χ4v) is 4.10. The monoisotopic (exact) mass is 423 g/mol. The fourth-order valence-electron chi connectivity index (χ4n) is 4.10. The Hall–Kier alpha value is -3.13. The van der Waals surface area contributed by atoms with Gasteiger partial charge in [-0.1, -0.05) is 37.6 Å². The van der Waals surface area contributed by atoms with Crippen LogP contribution in [0.4, 0.5) is 10.6 Å². The number of carboxylic acid groups (broad SMARTS) is 1. The number of anilines is 1. The number of hydrogen-bond donors (Lipinski definition) is 2. The van der Waals surface area contributed by atoms with Gasteiger partial charge in [-0.05, 0) is 43.5 Å². The van der Waals surface area contributed by atoms with Gasteiger partial charge in [0.1, 0.15) is 11.0 Å². The standard InChI is InChI=1S/C23H29N5O3/c1-2-3-11-31-22-25-19-18(15-28(23(29)30)20(19)21(24)26-22)13-16-7-6-8-17(12-16)14-27-9-4-5-10-27/h6-8,12,15H,2-5,9-11,13-14H2,1H3,(H,29,30)(H2,24,25,26). The summed E-state index contributed by atoms with van der Waals surface area (Å²) in [6, 6.07) is 8.62. The molecule has 2 aromatic heterocycles. The van der Waals surface area contributed by atoms with Crippen LogP contribution in [0.3, 0.4) is 0 Å². The third-order valence-corrected chi connectivity index (χ3v) is 5.65. The van der Waals surface area contributed by atoms with E-state index in [1.807, 2.05) is 0 Å². The summed E-state index contributed by atoms with van der Waals surface area (Å²) < 4.78 is 6.74. The summed E-state index contributed by atoms with van der Waals surface area (Å²) in [7, 11) is 0. The van der Waals surface area contributed by atoms with Gasteiger partial charge in [-0.15, -0.1) is 0 Å². The van der Waals surface area contributed by atoms with Crippen LogP contribution in [-0.4, -0.2) is 50.3 Å². The van der Waals surface area contributed by atoms with Crippen LogP contribution >= 0.6 is 0 Å². The van der Waals surface area contributed by atoms with Crippen molar-refractivity contribution in [1.29, 1.82) is 0 Å². The van der Waals surface area contributed by atoms with Gasteiger partial charge in [0.25, 0.3) is 0 Å². The lowest BCUT2D eigenvalue weighted by molar-refractivity contribution is 0.197. The molecule has 1 aromatic carbocycles. The van der Waals surface area contributed by atoms with Gasteiger partial charge in [0.2, 0.25) is 0 Å². The number of fused-ring (bicyclic) bond motifs is 1. The van der Waals surface area contributed by atoms with Crippen LogP contribution in [0.25, 0.3) is 11.0 Å². The number of aromatic nitrogens is 3. The number of ether oxygens (including phenoxy) is 1. The summed E-state index contributed by atoms with van der Waals surface area (Å²) in [5, 5.41) is 9.65. The molecule has 0 saturated carbocycles. The number of benzene rings is 1. The van der Waals surface area contributed by atoms with Gasteiger partial charge < -0.3 is 15.6 Å². The van der Waals surface area contributed by atoms with Crippen LogP contribution in [0.15, 0.2) is 30.5 Å². The van der Waals surface area contributed by atoms with Crippen molar-refractivity contribution in [2.75, 3.05) is 25.4 Å². The lowest BCUT2D eigenvalue weighted by Crippen LogP contribution is -2.18. The maximum Gasteiger partial charge on any atom is 0.416 e. The third kappa shape index (κ3) is 4.80. The largest absolute Gasteiger partial charge is 0.464 e. The van der Waals surface area contributed by atoms with Crippen molar-refractivity contribution in [1.82, 2.24) is 19.4 Å². The van der Waals surface area contributed by atoms with Gasteiger partial charge in [-0.2, -0.15) is 9.97 Å². The first kappa shape index (κ1) is 21.1. The van der Waals surface area contributed by atoms with Crippen LogP contribution in [-0.2, 0) is 13.0 Å². The van der Waals surface area contributed by atoms with E-state index < -0.39 is 6.09 Å². The number of nitrogens with zero attached hydrogens (tertiary/aromatic N) is 4. The van der Waals surface area contributed by atoms with Gasteiger partial charge in [0, 0.05) is 24.7 Å². The van der Waals surface area contributed by atoms with Crippen LogP contribution < -0.4 is 10.5 Å². The SMILES string of the molecule is CCCCOc1nc(N)c2c(n1)c(Cc1cccc(CN3CCCC3)c1)cn2C(=O)O. The highest BCUT2D eigenvalue weighted by Crippen LogP contribution is 2.28. The molecule has 3 heterocycles. The number of nitrogen functional groups attached to an aromatic ring is 1. The Bertz CT molecular complexity index is 1070. The molecule has 1 saturated heterocycles. The summed E-state index contributed by atoms with van der Waals surface area (Å²) in [6.45, 7) is 5.80. The van der Waals surface area contributed by atoms with E-state index in [1.165, 1.54) is 18.4 Å². The van der Waals surface area contributed by atoms with Crippen molar-refractivity contribution in [2.45, 2.75) is 45.6 Å². The molecule has 164 valence electrons. The van der Waals surface area contributed by atoms with E-state index in [1.54, 1.807) is 6.20 Å². The van der Waals surface area contributed by atoms with Crippen molar-refractivity contribution in [2.24, 2.45) is 0 Å². The molecule has 1 aliphatic rings. The highest BCUT2D eigenvalue weighted by molar-refractivity contribution is 5.95. The Labute approximate surface area is 181 Å². The predicted molar refractivity (Wildman–Crippen MR) is 120 cm³/mol. The number of rotatable bonds is 8. The molecule has 0 bridgehead atoms. The molecule has 8 nitrogen and oxygen atoms in total. The predicted octanol–water partition coefficient (Wildman–Crippen LogP) is 3.91. The van der Waals surface area contributed by atoms with E-state index >= 15 is 0 Å². The second-order valence-electron chi connectivity index (χ2n) is 8.08. The van der Waals surface area contributed by atoms with E-state index in [4.69, 9.17) is 10.5 Å². The van der Waals surface area contributed by atoms with Crippen LogP contribution in [0.2, 0.25) is 0 Å². The third-order valence-electron chi connectivity index (χ3n) is 5.65. The summed E-state index contributed by atoms with van der Waals surface area (Å²) in [5.41, 5.74) is 10.1. The van der Waals surface area contributed by atoms with Crippen LogP contribution in [0.5, 0.6) is 6.01 Å². The Balaban J connectivity index is 1.65. The average Bonchev–Trinajstić information content (AvgIpc) is 3.37. The first-order chi connectivity index (χ1) is 15.0. The normalized spacial score (nSPS) is 14.4. The Kier molecular flexibility index (Phi) is 6.36. The van der Waals surface area contributed by atoms with Crippen molar-refractivity contribution in [3.8, 4) is 6.01 Å². The molecule has 0 radical (unpaired) electrons. The number of likely N-dealkylation sites (tertiary alicyclic amines) is 1. The first-order valence-electron chi connectivity index (χ1n) is 10.9. The molecule has 8 heteroatoms. The lowest BCUT2D eigenvalue weighted by atomic mass is 10.0. The van der Waals surface area contributed by atoms with Gasteiger partial charge in [-0.25, -0.2) is 9.36 Å². The summed E-state index contributed by atoms with van der Waals surface area (Å²) in [5.74, 6) is 0.105. The molecule has 1 aliphatic heterocycles. The Morgan fingerprint density at radius 1 is 1.23 bits per heavy atom. The minimum Gasteiger partial charge on any atom is -0.464 e. The van der Waals surface area contributed by atoms with E-state index in [0.29, 0.717) is 24.1 Å². The molecule has 1 fully saturated rings. The van der Waals surface area contributed by atoms with Gasteiger partial charge >= 0.3 is 12.1 Å². The van der Waals surface area contributed by atoms with E-state index in [0.717, 1.165) is 48.2 Å². The van der Waals surface area contributed by atoms with Crippen LogP contribution in [0.1, 0.15) is 49.3 Å². The number of unbranched alkanes of at least 4 members (excludes halogenated alkanes) is 1. The maximum atomic E-state index is 11.8. The summed E-state index contributed by atoms with van der Waals surface area (Å²) in [6.07, 6.45) is 5.42. The quantitative estimate of drug-likeness (QED) is 0.529. The molecule has 0 spiro atoms. The van der Waals surface area contributed by atoms with Crippen molar-refractivity contribution >= 4 is 22.9 Å². The van der Waals surface area contributed by atoms with Crippen molar-refractivity contribution in [3.63, 3.8) is 0 Å². The Morgan fingerprint density at radius 2 is 2.00 bits per heavy atom. The highest BCUT2D eigenvalue weighted by Gasteiger charge is 2.20. The zero-order valence-electron chi connectivity index (χ0n) is 17.9. The number of hydrogen-bond acceptors (Lipinski definition) is 6. The molecule has 3 aromatic rings. The highest BCUT2D eigenvalue weighted by atomic mass is 16.5. The maximum absolute atomic E-state index is 11.8. The van der Waals surface area contributed by atoms with E-state index in [2.05, 4.69) is 46.1 Å². The number of carbonyl (C=O) groups is 1. The van der Waals surface area contributed by atoms with Gasteiger partial charge in [-0.3, -0.25) is 4.90 Å². The molecule has 31 heavy (non-hydrogen) atoms. The summed E-state index contributed by atoms with van der Waals surface area (Å²) >= 11 is 0. The summed E-state index contributed by atoms with van der Waals surface area (Å²) in [4.78, 5) is 22.9.